The first-order chi connectivity index (χ1) is 18.0. The molecule has 0 radical (unpaired) electrons. The highest BCUT2D eigenvalue weighted by atomic mass is 35.5. The maximum Gasteiger partial charge on any atom is 0.234 e. The number of hydrogen-bond donors (Lipinski definition) is 2. The molecule has 1 amide bonds. The van der Waals surface area contributed by atoms with Crippen molar-refractivity contribution in [1.82, 2.24) is 20.2 Å². The van der Waals surface area contributed by atoms with Crippen molar-refractivity contribution in [2.45, 2.75) is 63.5 Å². The van der Waals surface area contributed by atoms with E-state index in [9.17, 15) is 4.79 Å². The molecule has 1 aliphatic carbocycles. The molecule has 1 aliphatic heterocycles. The highest BCUT2D eigenvalue weighted by molar-refractivity contribution is 6.27. The van der Waals surface area contributed by atoms with Gasteiger partial charge in [-0.05, 0) is 38.2 Å². The lowest BCUT2D eigenvalue weighted by atomic mass is 9.92. The van der Waals surface area contributed by atoms with Crippen molar-refractivity contribution in [3.05, 3.63) is 12.1 Å². The molecule has 1 saturated heterocycles. The second-order valence-electron chi connectivity index (χ2n) is 10.0. The maximum absolute atomic E-state index is 11.4. The van der Waals surface area contributed by atoms with Crippen LogP contribution in [0.1, 0.15) is 51.4 Å². The minimum atomic E-state index is -0.164. The van der Waals surface area contributed by atoms with Crippen LogP contribution in [-0.4, -0.2) is 86.2 Å². The number of nitrogens with zero attached hydrogens (tertiary/aromatic N) is 4. The number of carbonyl (C=O) groups excluding carboxylic acids is 1. The SMILES string of the molecule is COc1cc2nc(NCCCNC(=O)CCl)nc(N(C)C3CCN(C4CCCCC4)CC3)c2cc1OC. The number of carbonyl (C=O) groups is 1. The van der Waals surface area contributed by atoms with E-state index in [1.165, 1.54) is 32.1 Å². The zero-order valence-electron chi connectivity index (χ0n) is 22.4. The third-order valence-electron chi connectivity index (χ3n) is 7.73. The quantitative estimate of drug-likeness (QED) is 0.331. The highest BCUT2D eigenvalue weighted by Crippen LogP contribution is 2.37. The summed E-state index contributed by atoms with van der Waals surface area (Å²) in [6.07, 6.45) is 9.81. The van der Waals surface area contributed by atoms with Crippen LogP contribution in [0.15, 0.2) is 12.1 Å². The van der Waals surface area contributed by atoms with E-state index in [0.29, 0.717) is 36.6 Å². The lowest BCUT2D eigenvalue weighted by Crippen LogP contribution is -2.48. The van der Waals surface area contributed by atoms with Crippen molar-refractivity contribution in [3.63, 3.8) is 0 Å². The minimum absolute atomic E-state index is 0.0260. The molecule has 1 aromatic heterocycles. The fraction of sp³-hybridized carbons (Fsp3) is 0.667. The molecule has 2 heterocycles. The largest absolute Gasteiger partial charge is 0.493 e. The van der Waals surface area contributed by atoms with Gasteiger partial charge in [0.2, 0.25) is 11.9 Å². The van der Waals surface area contributed by atoms with Crippen LogP contribution >= 0.6 is 11.6 Å². The summed E-state index contributed by atoms with van der Waals surface area (Å²) in [6.45, 7) is 3.45. The lowest BCUT2D eigenvalue weighted by molar-refractivity contribution is -0.118. The number of rotatable bonds is 11. The van der Waals surface area contributed by atoms with Crippen LogP contribution in [0, 0.1) is 0 Å². The van der Waals surface area contributed by atoms with Crippen molar-refractivity contribution in [3.8, 4) is 11.5 Å². The van der Waals surface area contributed by atoms with Gasteiger partial charge in [0, 0.05) is 56.8 Å². The average molecular weight is 533 g/mol. The van der Waals surface area contributed by atoms with E-state index in [1.54, 1.807) is 14.2 Å². The van der Waals surface area contributed by atoms with Crippen LogP contribution in [0.25, 0.3) is 10.9 Å². The van der Waals surface area contributed by atoms with Gasteiger partial charge in [-0.15, -0.1) is 11.6 Å². The van der Waals surface area contributed by atoms with E-state index in [4.69, 9.17) is 31.0 Å². The first-order valence-electron chi connectivity index (χ1n) is 13.5. The molecule has 2 N–H and O–H groups in total. The molecule has 2 aliphatic rings. The first kappa shape index (κ1) is 27.5. The summed E-state index contributed by atoms with van der Waals surface area (Å²) in [5.74, 6) is 2.56. The average Bonchev–Trinajstić information content (AvgIpc) is 2.95. The van der Waals surface area contributed by atoms with E-state index >= 15 is 0 Å². The van der Waals surface area contributed by atoms with Crippen LogP contribution in [0.5, 0.6) is 11.5 Å². The number of aromatic nitrogens is 2. The summed E-state index contributed by atoms with van der Waals surface area (Å²) >= 11 is 5.55. The van der Waals surface area contributed by atoms with Crippen LogP contribution < -0.4 is 25.0 Å². The summed E-state index contributed by atoms with van der Waals surface area (Å²) in [5, 5.41) is 7.05. The molecule has 0 spiro atoms. The number of amides is 1. The third kappa shape index (κ3) is 6.87. The number of anilines is 2. The third-order valence-corrected chi connectivity index (χ3v) is 7.98. The van der Waals surface area contributed by atoms with Crippen molar-refractivity contribution in [2.24, 2.45) is 0 Å². The number of nitrogens with one attached hydrogen (secondary N) is 2. The van der Waals surface area contributed by atoms with Gasteiger partial charge in [0.05, 0.1) is 19.7 Å². The molecular formula is C27H41ClN6O3. The highest BCUT2D eigenvalue weighted by Gasteiger charge is 2.29. The summed E-state index contributed by atoms with van der Waals surface area (Å²) < 4.78 is 11.1. The standard InChI is InChI=1S/C27H41ClN6O3/c1-33(19-10-14-34(15-11-19)20-8-5-4-6-9-20)26-21-16-23(36-2)24(37-3)17-22(21)31-27(32-26)30-13-7-12-29-25(35)18-28/h16-17,19-20H,4-15,18H2,1-3H3,(H,29,35)(H,30,31,32). The Morgan fingerprint density at radius 3 is 2.43 bits per heavy atom. The molecule has 10 heteroatoms. The van der Waals surface area contributed by atoms with Gasteiger partial charge >= 0.3 is 0 Å². The fourth-order valence-electron chi connectivity index (χ4n) is 5.61. The summed E-state index contributed by atoms with van der Waals surface area (Å²) in [4.78, 5) is 26.1. The Hall–Kier alpha value is -2.52. The van der Waals surface area contributed by atoms with Gasteiger partial charge in [-0.3, -0.25) is 4.79 Å². The van der Waals surface area contributed by atoms with Crippen molar-refractivity contribution >= 4 is 40.2 Å². The molecule has 9 nitrogen and oxygen atoms in total. The molecule has 0 atom stereocenters. The summed E-state index contributed by atoms with van der Waals surface area (Å²) in [5.41, 5.74) is 0.798. The van der Waals surface area contributed by atoms with Crippen molar-refractivity contribution in [1.29, 1.82) is 0 Å². The topological polar surface area (TPSA) is 91.8 Å². The Kier molecular flexibility index (Phi) is 9.91. The van der Waals surface area contributed by atoms with E-state index < -0.39 is 0 Å². The number of hydrogen-bond acceptors (Lipinski definition) is 8. The van der Waals surface area contributed by atoms with E-state index in [2.05, 4.69) is 27.5 Å². The molecule has 0 unspecified atom stereocenters. The number of likely N-dealkylation sites (tertiary alicyclic amines) is 1. The Bertz CT molecular complexity index is 1040. The molecule has 204 valence electrons. The number of fused-ring (bicyclic) bond motifs is 1. The van der Waals surface area contributed by atoms with Crippen LogP contribution in [-0.2, 0) is 4.79 Å². The van der Waals surface area contributed by atoms with Gasteiger partial charge < -0.3 is 29.9 Å². The zero-order valence-corrected chi connectivity index (χ0v) is 23.1. The molecular weight excluding hydrogens is 492 g/mol. The van der Waals surface area contributed by atoms with Gasteiger partial charge in [-0.2, -0.15) is 4.98 Å². The van der Waals surface area contributed by atoms with Gasteiger partial charge in [0.15, 0.2) is 11.5 Å². The Morgan fingerprint density at radius 2 is 1.76 bits per heavy atom. The molecule has 2 aromatic rings. The van der Waals surface area contributed by atoms with Crippen molar-refractivity contribution < 1.29 is 14.3 Å². The molecule has 0 bridgehead atoms. The van der Waals surface area contributed by atoms with Crippen LogP contribution in [0.2, 0.25) is 0 Å². The number of benzene rings is 1. The predicted molar refractivity (Wildman–Crippen MR) is 149 cm³/mol. The Balaban J connectivity index is 1.51. The normalized spacial score (nSPS) is 17.5. The number of ether oxygens (including phenoxy) is 2. The molecule has 2 fully saturated rings. The van der Waals surface area contributed by atoms with Crippen molar-refractivity contribution in [2.75, 3.05) is 63.5 Å². The lowest BCUT2D eigenvalue weighted by Gasteiger charge is -2.42. The van der Waals surface area contributed by atoms with Gasteiger partial charge in [-0.1, -0.05) is 19.3 Å². The molecule has 37 heavy (non-hydrogen) atoms. The number of piperidine rings is 1. The fourth-order valence-corrected chi connectivity index (χ4v) is 5.70. The molecule has 4 rings (SSSR count). The van der Waals surface area contributed by atoms with E-state index in [0.717, 1.165) is 55.1 Å². The number of alkyl halides is 1. The Morgan fingerprint density at radius 1 is 1.05 bits per heavy atom. The smallest absolute Gasteiger partial charge is 0.234 e. The minimum Gasteiger partial charge on any atom is -0.493 e. The van der Waals surface area contributed by atoms with Crippen LogP contribution in [0.3, 0.4) is 0 Å². The predicted octanol–water partition coefficient (Wildman–Crippen LogP) is 4.04. The van der Waals surface area contributed by atoms with Crippen LogP contribution in [0.4, 0.5) is 11.8 Å². The van der Waals surface area contributed by atoms with Gasteiger partial charge in [0.1, 0.15) is 11.7 Å². The van der Waals surface area contributed by atoms with E-state index in [-0.39, 0.29) is 11.8 Å². The molecule has 1 saturated carbocycles. The number of methoxy groups -OCH3 is 2. The van der Waals surface area contributed by atoms with E-state index in [1.807, 2.05) is 12.1 Å². The number of halogens is 1. The van der Waals surface area contributed by atoms with Gasteiger partial charge in [0.25, 0.3) is 0 Å². The maximum atomic E-state index is 11.4. The second-order valence-corrected chi connectivity index (χ2v) is 10.3. The first-order valence-corrected chi connectivity index (χ1v) is 14.0. The monoisotopic (exact) mass is 532 g/mol. The second kappa shape index (κ2) is 13.3. The summed E-state index contributed by atoms with van der Waals surface area (Å²) in [7, 11) is 5.42. The Labute approximate surface area is 225 Å². The zero-order chi connectivity index (χ0) is 26.2. The molecule has 1 aromatic carbocycles. The summed E-state index contributed by atoms with van der Waals surface area (Å²) in [6, 6.07) is 5.05. The van der Waals surface area contributed by atoms with Gasteiger partial charge in [-0.25, -0.2) is 4.98 Å².